The fourth-order valence-electron chi connectivity index (χ4n) is 4.81. The number of benzene rings is 2. The van der Waals surface area contributed by atoms with Crippen LogP contribution in [0.3, 0.4) is 0 Å². The largest absolute Gasteiger partial charge is 0.465 e. The van der Waals surface area contributed by atoms with Gasteiger partial charge in [-0.2, -0.15) is 4.98 Å². The molecular formula is C26H24FN3O5S. The van der Waals surface area contributed by atoms with Crippen molar-refractivity contribution >= 4 is 28.0 Å². The number of carboxylic acid groups (broad SMARTS) is 1. The monoisotopic (exact) mass is 509 g/mol. The highest BCUT2D eigenvalue weighted by molar-refractivity contribution is 7.84. The van der Waals surface area contributed by atoms with Crippen molar-refractivity contribution in [2.75, 3.05) is 12.9 Å². The summed E-state index contributed by atoms with van der Waals surface area (Å²) < 4.78 is 32.8. The predicted molar refractivity (Wildman–Crippen MR) is 134 cm³/mol. The topological polar surface area (TPSA) is 114 Å². The first-order valence-corrected chi connectivity index (χ1v) is 13.0. The number of halogens is 1. The zero-order chi connectivity index (χ0) is 25.4. The van der Waals surface area contributed by atoms with E-state index in [-0.39, 0.29) is 22.8 Å². The molecule has 1 aliphatic carbocycles. The van der Waals surface area contributed by atoms with Crippen molar-refractivity contribution < 1.29 is 22.9 Å². The maximum atomic E-state index is 13.5. The van der Waals surface area contributed by atoms with E-state index in [1.54, 1.807) is 0 Å². The van der Waals surface area contributed by atoms with Crippen molar-refractivity contribution in [2.24, 2.45) is 0 Å². The molecule has 0 spiro atoms. The number of nitrogens with one attached hydrogen (secondary N) is 1. The van der Waals surface area contributed by atoms with Gasteiger partial charge in [0.15, 0.2) is 0 Å². The molecule has 1 fully saturated rings. The second-order valence-corrected chi connectivity index (χ2v) is 10.1. The van der Waals surface area contributed by atoms with E-state index in [9.17, 15) is 23.3 Å². The summed E-state index contributed by atoms with van der Waals surface area (Å²) in [7, 11) is -1.64. The molecule has 1 amide bonds. The van der Waals surface area contributed by atoms with Crippen molar-refractivity contribution in [1.82, 2.24) is 14.9 Å². The van der Waals surface area contributed by atoms with Crippen LogP contribution in [-0.2, 0) is 22.9 Å². The maximum absolute atomic E-state index is 13.5. The van der Waals surface area contributed by atoms with Crippen LogP contribution in [0.25, 0.3) is 33.6 Å². The molecular weight excluding hydrogens is 485 g/mol. The van der Waals surface area contributed by atoms with Gasteiger partial charge >= 0.3 is 6.09 Å². The predicted octanol–water partition coefficient (Wildman–Crippen LogP) is 4.68. The lowest BCUT2D eigenvalue weighted by atomic mass is 9.72. The SMILES string of the molecule is CS(=O)c1nc2oc(-c3ccc(C4(NC(=O)O)CCC4)cc3)c(-c3ccccc3)c2c(=O)n1CCF. The minimum Gasteiger partial charge on any atom is -0.465 e. The molecule has 36 heavy (non-hydrogen) atoms. The third kappa shape index (κ3) is 4.01. The molecule has 2 aromatic heterocycles. The van der Waals surface area contributed by atoms with Gasteiger partial charge in [0, 0.05) is 17.4 Å². The summed E-state index contributed by atoms with van der Waals surface area (Å²) >= 11 is 0. The number of furan rings is 1. The van der Waals surface area contributed by atoms with Crippen LogP contribution in [-0.4, -0.2) is 37.9 Å². The summed E-state index contributed by atoms with van der Waals surface area (Å²) in [6.45, 7) is -1.07. The molecule has 2 aromatic carbocycles. The highest BCUT2D eigenvalue weighted by atomic mass is 32.2. The van der Waals surface area contributed by atoms with Gasteiger partial charge in [-0.05, 0) is 30.4 Å². The molecule has 5 rings (SSSR count). The Labute approximate surface area is 208 Å². The van der Waals surface area contributed by atoms with Crippen LogP contribution in [0.15, 0.2) is 69.0 Å². The Hall–Kier alpha value is -3.79. The fourth-order valence-corrected chi connectivity index (χ4v) is 5.51. The number of alkyl halides is 1. The zero-order valence-corrected chi connectivity index (χ0v) is 20.3. The molecule has 1 unspecified atom stereocenters. The van der Waals surface area contributed by atoms with Crippen LogP contribution < -0.4 is 10.9 Å². The Balaban J connectivity index is 1.72. The minimum absolute atomic E-state index is 0.0289. The summed E-state index contributed by atoms with van der Waals surface area (Å²) in [5.74, 6) is 0.395. The van der Waals surface area contributed by atoms with Gasteiger partial charge in [-0.3, -0.25) is 13.6 Å². The van der Waals surface area contributed by atoms with Gasteiger partial charge in [0.05, 0.1) is 22.9 Å². The number of amides is 1. The highest BCUT2D eigenvalue weighted by Gasteiger charge is 2.40. The van der Waals surface area contributed by atoms with Gasteiger partial charge in [0.2, 0.25) is 10.9 Å². The van der Waals surface area contributed by atoms with Gasteiger partial charge in [-0.15, -0.1) is 0 Å². The number of carbonyl (C=O) groups is 1. The standard InChI is InChI=1S/C26H24FN3O5S/c1-36(34)24-28-22-20(23(31)30(24)15-14-27)19(16-6-3-2-4-7-16)21(35-22)17-8-10-18(11-9-17)26(12-5-13-26)29-25(32)33/h2-4,6-11,29H,5,12-15H2,1H3,(H,32,33). The number of rotatable bonds is 7. The Kier molecular flexibility index (Phi) is 6.21. The van der Waals surface area contributed by atoms with Crippen molar-refractivity contribution in [2.45, 2.75) is 36.5 Å². The van der Waals surface area contributed by atoms with E-state index < -0.39 is 34.7 Å². The smallest absolute Gasteiger partial charge is 0.405 e. The van der Waals surface area contributed by atoms with E-state index in [0.717, 1.165) is 22.1 Å². The maximum Gasteiger partial charge on any atom is 0.405 e. The lowest BCUT2D eigenvalue weighted by molar-refractivity contribution is 0.144. The molecule has 0 bridgehead atoms. The van der Waals surface area contributed by atoms with Crippen LogP contribution >= 0.6 is 0 Å². The van der Waals surface area contributed by atoms with Crippen molar-refractivity contribution in [3.63, 3.8) is 0 Å². The molecule has 186 valence electrons. The Morgan fingerprint density at radius 3 is 2.42 bits per heavy atom. The van der Waals surface area contributed by atoms with Crippen LogP contribution in [0.1, 0.15) is 24.8 Å². The number of aromatic nitrogens is 2. The van der Waals surface area contributed by atoms with E-state index in [1.165, 1.54) is 6.26 Å². The first-order chi connectivity index (χ1) is 17.3. The van der Waals surface area contributed by atoms with E-state index in [2.05, 4.69) is 10.3 Å². The summed E-state index contributed by atoms with van der Waals surface area (Å²) in [6.07, 6.45) is 2.68. The molecule has 0 aliphatic heterocycles. The quantitative estimate of drug-likeness (QED) is 0.350. The normalized spacial score (nSPS) is 15.4. The van der Waals surface area contributed by atoms with Gasteiger partial charge in [0.25, 0.3) is 5.56 Å². The molecule has 4 aromatic rings. The highest BCUT2D eigenvalue weighted by Crippen LogP contribution is 2.43. The van der Waals surface area contributed by atoms with E-state index >= 15 is 0 Å². The van der Waals surface area contributed by atoms with E-state index in [1.807, 2.05) is 54.6 Å². The minimum atomic E-state index is -1.64. The molecule has 0 radical (unpaired) electrons. The van der Waals surface area contributed by atoms with Gasteiger partial charge in [-0.25, -0.2) is 9.18 Å². The van der Waals surface area contributed by atoms with Gasteiger partial charge in [0.1, 0.15) is 17.8 Å². The molecule has 10 heteroatoms. The molecule has 1 saturated carbocycles. The lowest BCUT2D eigenvalue weighted by Gasteiger charge is -2.42. The molecule has 0 saturated heterocycles. The summed E-state index contributed by atoms with van der Waals surface area (Å²) in [5, 5.41) is 12.1. The second kappa shape index (κ2) is 9.34. The Bertz CT molecular complexity index is 1530. The Morgan fingerprint density at radius 1 is 1.17 bits per heavy atom. The van der Waals surface area contributed by atoms with Crippen LogP contribution in [0.2, 0.25) is 0 Å². The molecule has 2 N–H and O–H groups in total. The first-order valence-electron chi connectivity index (χ1n) is 11.5. The van der Waals surface area contributed by atoms with Crippen molar-refractivity contribution in [3.05, 3.63) is 70.5 Å². The van der Waals surface area contributed by atoms with E-state index in [0.29, 0.717) is 29.7 Å². The third-order valence-corrected chi connectivity index (χ3v) is 7.48. The van der Waals surface area contributed by atoms with Gasteiger partial charge < -0.3 is 14.8 Å². The average Bonchev–Trinajstić information content (AvgIpc) is 3.23. The van der Waals surface area contributed by atoms with Gasteiger partial charge in [-0.1, -0.05) is 54.6 Å². The van der Waals surface area contributed by atoms with Crippen LogP contribution in [0.5, 0.6) is 0 Å². The summed E-state index contributed by atoms with van der Waals surface area (Å²) in [5.41, 5.74) is 1.64. The number of fused-ring (bicyclic) bond motifs is 1. The number of hydrogen-bond donors (Lipinski definition) is 2. The molecule has 1 atom stereocenters. The summed E-state index contributed by atoms with van der Waals surface area (Å²) in [6, 6.07) is 16.6. The fraction of sp³-hybridized carbons (Fsp3) is 0.269. The lowest BCUT2D eigenvalue weighted by Crippen LogP contribution is -2.50. The Morgan fingerprint density at radius 2 is 1.86 bits per heavy atom. The second-order valence-electron chi connectivity index (χ2n) is 8.79. The van der Waals surface area contributed by atoms with Crippen LogP contribution in [0.4, 0.5) is 9.18 Å². The van der Waals surface area contributed by atoms with Crippen molar-refractivity contribution in [3.8, 4) is 22.5 Å². The molecule has 8 nitrogen and oxygen atoms in total. The third-order valence-electron chi connectivity index (χ3n) is 6.66. The zero-order valence-electron chi connectivity index (χ0n) is 19.5. The molecule has 1 aliphatic rings. The first kappa shape index (κ1) is 23.9. The van der Waals surface area contributed by atoms with Crippen LogP contribution in [0, 0.1) is 0 Å². The summed E-state index contributed by atoms with van der Waals surface area (Å²) in [4.78, 5) is 29.2. The molecule has 2 heterocycles. The van der Waals surface area contributed by atoms with Crippen molar-refractivity contribution in [1.29, 1.82) is 0 Å². The number of nitrogens with zero attached hydrogens (tertiary/aromatic N) is 2. The number of hydrogen-bond acceptors (Lipinski definition) is 5. The van der Waals surface area contributed by atoms with E-state index in [4.69, 9.17) is 4.42 Å². The average molecular weight is 510 g/mol.